The Balaban J connectivity index is 2.89. The van der Waals surface area contributed by atoms with E-state index >= 15 is 0 Å². The minimum absolute atomic E-state index is 0.0565. The van der Waals surface area contributed by atoms with Crippen LogP contribution in [0.2, 0.25) is 0 Å². The Morgan fingerprint density at radius 1 is 1.75 bits per heavy atom. The highest BCUT2D eigenvalue weighted by Crippen LogP contribution is 2.03. The van der Waals surface area contributed by atoms with Crippen molar-refractivity contribution in [2.75, 3.05) is 5.32 Å². The SMILES string of the molecule is Cc1nc(NC(N)=S)ncc1F. The molecule has 1 aromatic rings. The van der Waals surface area contributed by atoms with Gasteiger partial charge < -0.3 is 11.1 Å². The lowest BCUT2D eigenvalue weighted by Crippen LogP contribution is -2.20. The highest BCUT2D eigenvalue weighted by atomic mass is 32.1. The van der Waals surface area contributed by atoms with Gasteiger partial charge in [0.1, 0.15) is 0 Å². The van der Waals surface area contributed by atoms with Crippen LogP contribution in [0.25, 0.3) is 0 Å². The van der Waals surface area contributed by atoms with Crippen molar-refractivity contribution < 1.29 is 4.39 Å². The molecule has 0 amide bonds. The molecule has 0 radical (unpaired) electrons. The number of nitrogens with zero attached hydrogens (tertiary/aromatic N) is 2. The molecule has 0 atom stereocenters. The van der Waals surface area contributed by atoms with Crippen LogP contribution in [-0.4, -0.2) is 15.1 Å². The van der Waals surface area contributed by atoms with Gasteiger partial charge in [-0.25, -0.2) is 14.4 Å². The molecule has 6 heteroatoms. The lowest BCUT2D eigenvalue weighted by molar-refractivity contribution is 0.602. The smallest absolute Gasteiger partial charge is 0.229 e. The Hall–Kier alpha value is -1.30. The van der Waals surface area contributed by atoms with Crippen LogP contribution in [0.5, 0.6) is 0 Å². The Morgan fingerprint density at radius 3 is 2.92 bits per heavy atom. The fourth-order valence-electron chi connectivity index (χ4n) is 0.623. The van der Waals surface area contributed by atoms with Crippen molar-refractivity contribution in [3.63, 3.8) is 0 Å². The Bertz CT molecular complexity index is 314. The summed E-state index contributed by atoms with van der Waals surface area (Å²) in [5.74, 6) is -0.245. The highest BCUT2D eigenvalue weighted by molar-refractivity contribution is 7.80. The standard InChI is InChI=1S/C6H7FN4S/c1-3-4(7)2-9-6(10-3)11-5(8)12/h2H,1H3,(H3,8,9,10,11,12). The average Bonchev–Trinajstić information content (AvgIpc) is 1.96. The first kappa shape index (κ1) is 8.79. The number of aromatic nitrogens is 2. The maximum Gasteiger partial charge on any atom is 0.229 e. The fourth-order valence-corrected chi connectivity index (χ4v) is 0.714. The van der Waals surface area contributed by atoms with E-state index in [2.05, 4.69) is 27.5 Å². The first-order valence-corrected chi connectivity index (χ1v) is 3.56. The Labute approximate surface area is 74.0 Å². The summed E-state index contributed by atoms with van der Waals surface area (Å²) < 4.78 is 12.6. The molecule has 1 heterocycles. The van der Waals surface area contributed by atoms with Crippen LogP contribution in [0.3, 0.4) is 0 Å². The molecule has 1 rings (SSSR count). The van der Waals surface area contributed by atoms with Crippen molar-refractivity contribution >= 4 is 23.3 Å². The lowest BCUT2D eigenvalue weighted by atomic mass is 10.4. The first-order valence-electron chi connectivity index (χ1n) is 3.15. The van der Waals surface area contributed by atoms with Gasteiger partial charge in [0, 0.05) is 0 Å². The van der Waals surface area contributed by atoms with Gasteiger partial charge in [-0.3, -0.25) is 0 Å². The molecule has 4 nitrogen and oxygen atoms in total. The number of hydrogen-bond acceptors (Lipinski definition) is 3. The van der Waals surface area contributed by atoms with Crippen molar-refractivity contribution in [2.24, 2.45) is 5.73 Å². The topological polar surface area (TPSA) is 63.8 Å². The molecule has 0 bridgehead atoms. The molecule has 0 fully saturated rings. The number of hydrogen-bond donors (Lipinski definition) is 2. The maximum absolute atomic E-state index is 12.6. The zero-order chi connectivity index (χ0) is 9.14. The summed E-state index contributed by atoms with van der Waals surface area (Å²) in [6.45, 7) is 1.53. The third-order valence-electron chi connectivity index (χ3n) is 1.15. The molecule has 64 valence electrons. The van der Waals surface area contributed by atoms with E-state index in [1.165, 1.54) is 6.92 Å². The minimum atomic E-state index is -0.455. The summed E-state index contributed by atoms with van der Waals surface area (Å²) in [5, 5.41) is 2.55. The molecule has 0 aromatic carbocycles. The molecular weight excluding hydrogens is 179 g/mol. The van der Waals surface area contributed by atoms with E-state index in [-0.39, 0.29) is 16.8 Å². The molecule has 0 saturated heterocycles. The minimum Gasteiger partial charge on any atom is -0.376 e. The van der Waals surface area contributed by atoms with E-state index in [9.17, 15) is 4.39 Å². The van der Waals surface area contributed by atoms with E-state index in [0.29, 0.717) is 0 Å². The average molecular weight is 186 g/mol. The molecule has 3 N–H and O–H groups in total. The molecular formula is C6H7FN4S. The van der Waals surface area contributed by atoms with Gasteiger partial charge in [0.2, 0.25) is 5.95 Å². The molecule has 0 saturated carbocycles. The van der Waals surface area contributed by atoms with Crippen molar-refractivity contribution in [3.05, 3.63) is 17.7 Å². The predicted octanol–water partition coefficient (Wildman–Crippen LogP) is 0.580. The van der Waals surface area contributed by atoms with Gasteiger partial charge in [0.15, 0.2) is 10.9 Å². The zero-order valence-corrected chi connectivity index (χ0v) is 7.15. The molecule has 0 aliphatic carbocycles. The second-order valence-corrected chi connectivity index (χ2v) is 2.56. The first-order chi connectivity index (χ1) is 5.59. The van der Waals surface area contributed by atoms with Gasteiger partial charge in [0.25, 0.3) is 0 Å². The highest BCUT2D eigenvalue weighted by Gasteiger charge is 2.01. The number of nitrogens with one attached hydrogen (secondary N) is 1. The summed E-state index contributed by atoms with van der Waals surface area (Å²) >= 11 is 4.55. The van der Waals surface area contributed by atoms with Crippen molar-refractivity contribution in [2.45, 2.75) is 6.92 Å². The molecule has 0 aliphatic rings. The second-order valence-electron chi connectivity index (χ2n) is 2.12. The normalized spacial score (nSPS) is 9.50. The number of thiocarbonyl (C=S) groups is 1. The van der Waals surface area contributed by atoms with Gasteiger partial charge in [-0.05, 0) is 19.1 Å². The largest absolute Gasteiger partial charge is 0.376 e. The molecule has 0 aliphatic heterocycles. The Kier molecular flexibility index (Phi) is 2.49. The predicted molar refractivity (Wildman–Crippen MR) is 47.1 cm³/mol. The Morgan fingerprint density at radius 2 is 2.42 bits per heavy atom. The monoisotopic (exact) mass is 186 g/mol. The zero-order valence-electron chi connectivity index (χ0n) is 6.34. The third-order valence-corrected chi connectivity index (χ3v) is 1.26. The molecule has 0 spiro atoms. The van der Waals surface area contributed by atoms with Gasteiger partial charge in [-0.2, -0.15) is 0 Å². The van der Waals surface area contributed by atoms with Crippen LogP contribution in [0.4, 0.5) is 10.3 Å². The van der Waals surface area contributed by atoms with Crippen molar-refractivity contribution in [1.82, 2.24) is 9.97 Å². The van der Waals surface area contributed by atoms with Crippen LogP contribution >= 0.6 is 12.2 Å². The summed E-state index contributed by atoms with van der Waals surface area (Å²) in [5.41, 5.74) is 5.41. The van der Waals surface area contributed by atoms with Crippen LogP contribution in [0.1, 0.15) is 5.69 Å². The van der Waals surface area contributed by atoms with Crippen molar-refractivity contribution in [3.8, 4) is 0 Å². The van der Waals surface area contributed by atoms with Crippen LogP contribution in [0.15, 0.2) is 6.20 Å². The molecule has 1 aromatic heterocycles. The van der Waals surface area contributed by atoms with Crippen molar-refractivity contribution in [1.29, 1.82) is 0 Å². The molecule has 0 unspecified atom stereocenters. The summed E-state index contributed by atoms with van der Waals surface area (Å²) in [6.07, 6.45) is 1.06. The van der Waals surface area contributed by atoms with Crippen LogP contribution in [-0.2, 0) is 0 Å². The second kappa shape index (κ2) is 3.40. The van der Waals surface area contributed by atoms with Crippen LogP contribution in [0, 0.1) is 12.7 Å². The van der Waals surface area contributed by atoms with Gasteiger partial charge in [0.05, 0.1) is 11.9 Å². The third kappa shape index (κ3) is 2.09. The van der Waals surface area contributed by atoms with Crippen LogP contribution < -0.4 is 11.1 Å². The summed E-state index contributed by atoms with van der Waals surface area (Å²) in [7, 11) is 0. The number of halogens is 1. The number of anilines is 1. The fraction of sp³-hybridized carbons (Fsp3) is 0.167. The van der Waals surface area contributed by atoms with Gasteiger partial charge in [-0.1, -0.05) is 0 Å². The van der Waals surface area contributed by atoms with Gasteiger partial charge in [-0.15, -0.1) is 0 Å². The van der Waals surface area contributed by atoms with Gasteiger partial charge >= 0.3 is 0 Å². The van der Waals surface area contributed by atoms with E-state index < -0.39 is 5.82 Å². The van der Waals surface area contributed by atoms with E-state index in [1.807, 2.05) is 0 Å². The summed E-state index contributed by atoms with van der Waals surface area (Å²) in [6, 6.07) is 0. The van der Waals surface area contributed by atoms with E-state index in [1.54, 1.807) is 0 Å². The van der Waals surface area contributed by atoms with E-state index in [4.69, 9.17) is 5.73 Å². The molecule has 12 heavy (non-hydrogen) atoms. The number of aryl methyl sites for hydroxylation is 1. The number of rotatable bonds is 1. The van der Waals surface area contributed by atoms with E-state index in [0.717, 1.165) is 6.20 Å². The number of nitrogens with two attached hydrogens (primary N) is 1. The summed E-state index contributed by atoms with van der Waals surface area (Å²) in [4.78, 5) is 7.36. The lowest BCUT2D eigenvalue weighted by Gasteiger charge is -2.01. The quantitative estimate of drug-likeness (QED) is 0.628. The maximum atomic E-state index is 12.6.